The van der Waals surface area contributed by atoms with Crippen LogP contribution in [-0.4, -0.2) is 38.1 Å². The Hall–Kier alpha value is -1.21. The van der Waals surface area contributed by atoms with Crippen molar-refractivity contribution in [1.82, 2.24) is 19.9 Å². The number of hydrogen-bond acceptors (Lipinski definition) is 5. The quantitative estimate of drug-likeness (QED) is 0.444. The van der Waals surface area contributed by atoms with Crippen LogP contribution in [0.1, 0.15) is 70.0 Å². The molecule has 1 N–H and O–H groups in total. The standard InChI is InChI=1S/C22H32N4OS2/c27-21(10-3-2-8-18-11-15-28-29-18)23-17-22(12-5-1-6-13-22)16-20-25-24-19-9-4-7-14-26(19)20/h4,7,9,14,18H,1-3,5-6,8,10-13,15-17H2,(H,23,27). The minimum atomic E-state index is 0.116. The van der Waals surface area contributed by atoms with Gasteiger partial charge in [-0.05, 0) is 49.7 Å². The number of carbonyl (C=O) groups is 1. The van der Waals surface area contributed by atoms with Crippen molar-refractivity contribution >= 4 is 33.1 Å². The van der Waals surface area contributed by atoms with E-state index in [2.05, 4.69) is 19.9 Å². The lowest BCUT2D eigenvalue weighted by Crippen LogP contribution is -2.40. The van der Waals surface area contributed by atoms with Gasteiger partial charge in [-0.1, -0.05) is 53.3 Å². The van der Waals surface area contributed by atoms with Crippen LogP contribution in [0.2, 0.25) is 0 Å². The van der Waals surface area contributed by atoms with Gasteiger partial charge in [0, 0.05) is 36.6 Å². The SMILES string of the molecule is O=C(CCCCC1CCSS1)NCC1(Cc2nnc3ccccn23)CCCCC1. The third-order valence-electron chi connectivity index (χ3n) is 6.40. The molecule has 2 aromatic heterocycles. The highest BCUT2D eigenvalue weighted by Gasteiger charge is 2.34. The molecular formula is C22H32N4OS2. The smallest absolute Gasteiger partial charge is 0.220 e. The van der Waals surface area contributed by atoms with E-state index in [1.165, 1.54) is 44.3 Å². The van der Waals surface area contributed by atoms with Crippen molar-refractivity contribution in [2.75, 3.05) is 12.3 Å². The molecule has 0 spiro atoms. The molecule has 1 atom stereocenters. The highest BCUT2D eigenvalue weighted by atomic mass is 33.1. The first-order valence-corrected chi connectivity index (χ1v) is 13.5. The number of amides is 1. The lowest BCUT2D eigenvalue weighted by atomic mass is 9.71. The van der Waals surface area contributed by atoms with Gasteiger partial charge >= 0.3 is 0 Å². The normalized spacial score (nSPS) is 21.4. The molecule has 1 unspecified atom stereocenters. The lowest BCUT2D eigenvalue weighted by molar-refractivity contribution is -0.121. The number of pyridine rings is 1. The maximum Gasteiger partial charge on any atom is 0.220 e. The summed E-state index contributed by atoms with van der Waals surface area (Å²) in [6, 6.07) is 6.02. The highest BCUT2D eigenvalue weighted by Crippen LogP contribution is 2.40. The third kappa shape index (κ3) is 5.69. The van der Waals surface area contributed by atoms with Crippen molar-refractivity contribution < 1.29 is 4.79 Å². The summed E-state index contributed by atoms with van der Waals surface area (Å²) in [6.45, 7) is 0.767. The van der Waals surface area contributed by atoms with Crippen LogP contribution in [-0.2, 0) is 11.2 Å². The average Bonchev–Trinajstić information content (AvgIpc) is 3.41. The molecule has 0 radical (unpaired) electrons. The van der Waals surface area contributed by atoms with Crippen molar-refractivity contribution in [2.24, 2.45) is 5.41 Å². The van der Waals surface area contributed by atoms with Gasteiger partial charge in [-0.3, -0.25) is 9.20 Å². The fourth-order valence-corrected chi connectivity index (χ4v) is 7.69. The first-order chi connectivity index (χ1) is 14.2. The van der Waals surface area contributed by atoms with Gasteiger partial charge in [0.1, 0.15) is 5.82 Å². The van der Waals surface area contributed by atoms with Gasteiger partial charge in [-0.25, -0.2) is 0 Å². The number of nitrogens with one attached hydrogen (secondary N) is 1. The zero-order valence-corrected chi connectivity index (χ0v) is 18.8. The Morgan fingerprint density at radius 1 is 1.21 bits per heavy atom. The number of unbranched alkanes of at least 4 members (excludes halogenated alkanes) is 1. The van der Waals surface area contributed by atoms with Crippen molar-refractivity contribution in [3.8, 4) is 0 Å². The van der Waals surface area contributed by atoms with E-state index in [1.54, 1.807) is 0 Å². The molecule has 5 nitrogen and oxygen atoms in total. The molecule has 1 amide bonds. The summed E-state index contributed by atoms with van der Waals surface area (Å²) in [4.78, 5) is 12.5. The summed E-state index contributed by atoms with van der Waals surface area (Å²) >= 11 is 0. The molecule has 7 heteroatoms. The number of hydrogen-bond donors (Lipinski definition) is 1. The van der Waals surface area contributed by atoms with Gasteiger partial charge in [0.2, 0.25) is 5.91 Å². The van der Waals surface area contributed by atoms with E-state index in [-0.39, 0.29) is 11.3 Å². The lowest BCUT2D eigenvalue weighted by Gasteiger charge is -2.37. The number of fused-ring (bicyclic) bond motifs is 1. The van der Waals surface area contributed by atoms with Crippen LogP contribution < -0.4 is 5.32 Å². The minimum Gasteiger partial charge on any atom is -0.356 e. The van der Waals surface area contributed by atoms with E-state index in [4.69, 9.17) is 0 Å². The van der Waals surface area contributed by atoms with E-state index in [0.717, 1.165) is 48.9 Å². The molecule has 1 aliphatic carbocycles. The fraction of sp³-hybridized carbons (Fsp3) is 0.682. The van der Waals surface area contributed by atoms with Gasteiger partial charge in [0.15, 0.2) is 5.65 Å². The van der Waals surface area contributed by atoms with Crippen LogP contribution in [0.3, 0.4) is 0 Å². The summed E-state index contributed by atoms with van der Waals surface area (Å²) in [5.41, 5.74) is 1.01. The second kappa shape index (κ2) is 10.2. The van der Waals surface area contributed by atoms with Crippen molar-refractivity contribution in [3.63, 3.8) is 0 Å². The second-order valence-electron chi connectivity index (χ2n) is 8.63. The molecule has 0 bridgehead atoms. The van der Waals surface area contributed by atoms with Crippen LogP contribution >= 0.6 is 21.6 Å². The Morgan fingerprint density at radius 3 is 2.93 bits per heavy atom. The summed E-state index contributed by atoms with van der Waals surface area (Å²) in [6.07, 6.45) is 14.5. The second-order valence-corrected chi connectivity index (χ2v) is 11.4. The molecule has 0 aromatic carbocycles. The molecule has 3 heterocycles. The van der Waals surface area contributed by atoms with Crippen molar-refractivity contribution in [3.05, 3.63) is 30.2 Å². The van der Waals surface area contributed by atoms with Crippen molar-refractivity contribution in [2.45, 2.75) is 75.9 Å². The Kier molecular flexibility index (Phi) is 7.40. The summed E-state index contributed by atoms with van der Waals surface area (Å²) in [5, 5.41) is 12.9. The predicted octanol–water partition coefficient (Wildman–Crippen LogP) is 5.05. The monoisotopic (exact) mass is 432 g/mol. The van der Waals surface area contributed by atoms with E-state index in [9.17, 15) is 4.79 Å². The van der Waals surface area contributed by atoms with E-state index in [0.29, 0.717) is 6.42 Å². The average molecular weight is 433 g/mol. The van der Waals surface area contributed by atoms with Crippen molar-refractivity contribution in [1.29, 1.82) is 0 Å². The molecular weight excluding hydrogens is 400 g/mol. The van der Waals surface area contributed by atoms with E-state index < -0.39 is 0 Å². The maximum absolute atomic E-state index is 12.5. The van der Waals surface area contributed by atoms with E-state index in [1.807, 2.05) is 46.0 Å². The highest BCUT2D eigenvalue weighted by molar-refractivity contribution is 8.77. The fourth-order valence-electron chi connectivity index (χ4n) is 4.66. The molecule has 29 heavy (non-hydrogen) atoms. The topological polar surface area (TPSA) is 59.3 Å². The van der Waals surface area contributed by atoms with Crippen LogP contribution in [0, 0.1) is 5.41 Å². The third-order valence-corrected chi connectivity index (χ3v) is 9.41. The van der Waals surface area contributed by atoms with Gasteiger partial charge in [0.25, 0.3) is 0 Å². The van der Waals surface area contributed by atoms with Crippen LogP contribution in [0.15, 0.2) is 24.4 Å². The molecule has 4 rings (SSSR count). The Labute approximate surface area is 181 Å². The van der Waals surface area contributed by atoms with E-state index >= 15 is 0 Å². The number of nitrogens with zero attached hydrogens (tertiary/aromatic N) is 3. The first kappa shape index (κ1) is 21.0. The molecule has 2 aliphatic rings. The number of rotatable bonds is 9. The Morgan fingerprint density at radius 2 is 2.10 bits per heavy atom. The van der Waals surface area contributed by atoms with Gasteiger partial charge in [-0.2, -0.15) is 0 Å². The Balaban J connectivity index is 1.29. The van der Waals surface area contributed by atoms with Crippen LogP contribution in [0.4, 0.5) is 0 Å². The molecule has 1 saturated carbocycles. The predicted molar refractivity (Wildman–Crippen MR) is 122 cm³/mol. The maximum atomic E-state index is 12.5. The Bertz CT molecular complexity index is 797. The van der Waals surface area contributed by atoms with Gasteiger partial charge in [-0.15, -0.1) is 10.2 Å². The number of aromatic nitrogens is 3. The molecule has 2 aromatic rings. The summed E-state index contributed by atoms with van der Waals surface area (Å²) in [5.74, 6) is 2.53. The van der Waals surface area contributed by atoms with Gasteiger partial charge in [0.05, 0.1) is 0 Å². The largest absolute Gasteiger partial charge is 0.356 e. The summed E-state index contributed by atoms with van der Waals surface area (Å²) < 4.78 is 2.09. The van der Waals surface area contributed by atoms with Crippen LogP contribution in [0.25, 0.3) is 5.65 Å². The minimum absolute atomic E-state index is 0.116. The molecule has 158 valence electrons. The summed E-state index contributed by atoms with van der Waals surface area (Å²) in [7, 11) is 4.03. The zero-order chi connectivity index (χ0) is 19.9. The van der Waals surface area contributed by atoms with Crippen LogP contribution in [0.5, 0.6) is 0 Å². The zero-order valence-electron chi connectivity index (χ0n) is 17.1. The molecule has 1 aliphatic heterocycles. The molecule has 2 fully saturated rings. The first-order valence-electron chi connectivity index (χ1n) is 11.1. The molecule has 1 saturated heterocycles. The number of carbonyl (C=O) groups excluding carboxylic acids is 1. The van der Waals surface area contributed by atoms with Gasteiger partial charge < -0.3 is 5.32 Å².